The molecule has 0 saturated carbocycles. The first-order valence-electron chi connectivity index (χ1n) is 10.8. The van der Waals surface area contributed by atoms with E-state index in [1.807, 2.05) is 43.3 Å². The second kappa shape index (κ2) is 11.3. The largest absolute Gasteiger partial charge is 0.454 e. The fraction of sp³-hybridized carbons (Fsp3) is 0.154. The van der Waals surface area contributed by atoms with Gasteiger partial charge >= 0.3 is 0 Å². The van der Waals surface area contributed by atoms with Gasteiger partial charge in [-0.1, -0.05) is 23.4 Å². The summed E-state index contributed by atoms with van der Waals surface area (Å²) in [5, 5.41) is 10.1. The lowest BCUT2D eigenvalue weighted by Crippen LogP contribution is -2.32. The SMILES string of the molecule is CNCC(=O)NCC#Cc1ccc2ncnc(Nc3ccc(Oc4ccc(C)nc4)c(Cl)c3)c2c1. The molecule has 2 aromatic heterocycles. The summed E-state index contributed by atoms with van der Waals surface area (Å²) in [7, 11) is 1.72. The van der Waals surface area contributed by atoms with E-state index in [9.17, 15) is 4.79 Å². The van der Waals surface area contributed by atoms with E-state index in [1.165, 1.54) is 6.33 Å². The summed E-state index contributed by atoms with van der Waals surface area (Å²) in [6.45, 7) is 2.43. The summed E-state index contributed by atoms with van der Waals surface area (Å²) < 4.78 is 5.84. The lowest BCUT2D eigenvalue weighted by atomic mass is 10.1. The molecule has 0 aliphatic heterocycles. The van der Waals surface area contributed by atoms with E-state index in [-0.39, 0.29) is 19.0 Å². The van der Waals surface area contributed by atoms with Crippen LogP contribution in [0.3, 0.4) is 0 Å². The van der Waals surface area contributed by atoms with Crippen molar-refractivity contribution in [1.82, 2.24) is 25.6 Å². The maximum Gasteiger partial charge on any atom is 0.234 e. The zero-order valence-electron chi connectivity index (χ0n) is 19.2. The molecule has 4 aromatic rings. The third-order valence-corrected chi connectivity index (χ3v) is 5.18. The Labute approximate surface area is 208 Å². The van der Waals surface area contributed by atoms with Gasteiger partial charge in [0.2, 0.25) is 5.91 Å². The first-order chi connectivity index (χ1) is 17.0. The van der Waals surface area contributed by atoms with Crippen molar-refractivity contribution in [3.8, 4) is 23.3 Å². The van der Waals surface area contributed by atoms with Crippen molar-refractivity contribution in [1.29, 1.82) is 0 Å². The first-order valence-corrected chi connectivity index (χ1v) is 11.2. The Kier molecular flexibility index (Phi) is 7.73. The number of anilines is 2. The third-order valence-electron chi connectivity index (χ3n) is 4.89. The Morgan fingerprint density at radius 1 is 1.09 bits per heavy atom. The average molecular weight is 487 g/mol. The molecule has 2 heterocycles. The fourth-order valence-electron chi connectivity index (χ4n) is 3.19. The molecule has 0 bridgehead atoms. The zero-order chi connectivity index (χ0) is 24.6. The van der Waals surface area contributed by atoms with Crippen LogP contribution in [0.2, 0.25) is 5.02 Å². The topological polar surface area (TPSA) is 101 Å². The van der Waals surface area contributed by atoms with Crippen LogP contribution in [0.25, 0.3) is 10.9 Å². The quantitative estimate of drug-likeness (QED) is 0.336. The molecule has 0 unspecified atom stereocenters. The smallest absolute Gasteiger partial charge is 0.234 e. The number of rotatable bonds is 7. The molecule has 0 aliphatic carbocycles. The molecule has 2 aromatic carbocycles. The van der Waals surface area contributed by atoms with Crippen molar-refractivity contribution < 1.29 is 9.53 Å². The van der Waals surface area contributed by atoms with Gasteiger partial charge in [-0.15, -0.1) is 0 Å². The third kappa shape index (κ3) is 6.44. The number of hydrogen-bond acceptors (Lipinski definition) is 7. The predicted molar refractivity (Wildman–Crippen MR) is 137 cm³/mol. The summed E-state index contributed by atoms with van der Waals surface area (Å²) in [6, 6.07) is 14.8. The van der Waals surface area contributed by atoms with Crippen LogP contribution in [-0.4, -0.2) is 41.0 Å². The van der Waals surface area contributed by atoms with E-state index >= 15 is 0 Å². The van der Waals surface area contributed by atoms with E-state index in [2.05, 4.69) is 42.7 Å². The molecule has 1 amide bonds. The number of carbonyl (C=O) groups excluding carboxylic acids is 1. The van der Waals surface area contributed by atoms with Crippen LogP contribution in [0.15, 0.2) is 61.1 Å². The van der Waals surface area contributed by atoms with Gasteiger partial charge in [0.15, 0.2) is 0 Å². The molecule has 9 heteroatoms. The van der Waals surface area contributed by atoms with Crippen LogP contribution in [0.1, 0.15) is 11.3 Å². The summed E-state index contributed by atoms with van der Waals surface area (Å²) in [4.78, 5) is 24.5. The van der Waals surface area contributed by atoms with Gasteiger partial charge in [-0.2, -0.15) is 0 Å². The molecular formula is C26H23ClN6O2. The molecule has 0 radical (unpaired) electrons. The predicted octanol–water partition coefficient (Wildman–Crippen LogP) is 4.21. The Balaban J connectivity index is 1.50. The number of halogens is 1. The molecule has 4 rings (SSSR count). The highest BCUT2D eigenvalue weighted by Gasteiger charge is 2.09. The van der Waals surface area contributed by atoms with Gasteiger partial charge in [-0.3, -0.25) is 9.78 Å². The maximum absolute atomic E-state index is 11.5. The number of amides is 1. The molecule has 35 heavy (non-hydrogen) atoms. The molecule has 8 nitrogen and oxygen atoms in total. The molecule has 0 aliphatic rings. The van der Waals surface area contributed by atoms with Crippen LogP contribution in [0.5, 0.6) is 11.5 Å². The second-order valence-corrected chi connectivity index (χ2v) is 7.98. The van der Waals surface area contributed by atoms with Crippen molar-refractivity contribution in [2.45, 2.75) is 6.92 Å². The minimum absolute atomic E-state index is 0.106. The molecule has 0 saturated heterocycles. The van der Waals surface area contributed by atoms with Crippen LogP contribution in [0, 0.1) is 18.8 Å². The summed E-state index contributed by atoms with van der Waals surface area (Å²) >= 11 is 6.46. The van der Waals surface area contributed by atoms with Gasteiger partial charge in [0.05, 0.1) is 29.8 Å². The van der Waals surface area contributed by atoms with Crippen LogP contribution >= 0.6 is 11.6 Å². The standard InChI is InChI=1S/C26H23ClN6O2/c1-17-5-8-20(14-30-17)35-24-10-7-19(13-22(24)27)33-26-21-12-18(6-9-23(21)31-16-32-26)4-3-11-29-25(34)15-28-2/h5-10,12-14,16,28H,11,15H2,1-2H3,(H,29,34)(H,31,32,33). The average Bonchev–Trinajstić information content (AvgIpc) is 2.85. The number of ether oxygens (including phenoxy) is 1. The van der Waals surface area contributed by atoms with Crippen LogP contribution < -0.4 is 20.7 Å². The van der Waals surface area contributed by atoms with E-state index in [4.69, 9.17) is 16.3 Å². The highest BCUT2D eigenvalue weighted by Crippen LogP contribution is 2.33. The molecular weight excluding hydrogens is 464 g/mol. The van der Waals surface area contributed by atoms with Crippen molar-refractivity contribution in [2.24, 2.45) is 0 Å². The number of likely N-dealkylation sites (N-methyl/N-ethyl adjacent to an activating group) is 1. The van der Waals surface area contributed by atoms with Gasteiger partial charge in [-0.25, -0.2) is 9.97 Å². The van der Waals surface area contributed by atoms with Gasteiger partial charge in [-0.05, 0) is 62.5 Å². The molecule has 176 valence electrons. The van der Waals surface area contributed by atoms with Gasteiger partial charge < -0.3 is 20.7 Å². The van der Waals surface area contributed by atoms with Crippen LogP contribution in [0.4, 0.5) is 11.5 Å². The molecule has 0 fully saturated rings. The lowest BCUT2D eigenvalue weighted by molar-refractivity contribution is -0.119. The molecule has 0 spiro atoms. The van der Waals surface area contributed by atoms with Crippen molar-refractivity contribution in [2.75, 3.05) is 25.5 Å². The molecule has 3 N–H and O–H groups in total. The Morgan fingerprint density at radius 2 is 1.97 bits per heavy atom. The fourth-order valence-corrected chi connectivity index (χ4v) is 3.40. The number of aromatic nitrogens is 3. The van der Waals surface area contributed by atoms with Crippen molar-refractivity contribution in [3.05, 3.63) is 77.3 Å². The number of aryl methyl sites for hydroxylation is 1. The van der Waals surface area contributed by atoms with E-state index < -0.39 is 0 Å². The van der Waals surface area contributed by atoms with Gasteiger partial charge in [0, 0.05) is 22.3 Å². The minimum Gasteiger partial charge on any atom is -0.454 e. The van der Waals surface area contributed by atoms with Gasteiger partial charge in [0.1, 0.15) is 23.6 Å². The second-order valence-electron chi connectivity index (χ2n) is 7.57. The number of pyridine rings is 1. The van der Waals surface area contributed by atoms with Crippen molar-refractivity contribution >= 4 is 39.9 Å². The Morgan fingerprint density at radius 3 is 2.74 bits per heavy atom. The van der Waals surface area contributed by atoms with E-state index in [1.54, 1.807) is 25.4 Å². The maximum atomic E-state index is 11.5. The van der Waals surface area contributed by atoms with E-state index in [0.29, 0.717) is 22.3 Å². The summed E-state index contributed by atoms with van der Waals surface area (Å²) in [5.74, 6) is 7.65. The number of benzene rings is 2. The first kappa shape index (κ1) is 24.0. The number of carbonyl (C=O) groups is 1. The summed E-state index contributed by atoms with van der Waals surface area (Å²) in [5.41, 5.74) is 3.21. The summed E-state index contributed by atoms with van der Waals surface area (Å²) in [6.07, 6.45) is 3.15. The zero-order valence-corrected chi connectivity index (χ0v) is 20.0. The monoisotopic (exact) mass is 486 g/mol. The highest BCUT2D eigenvalue weighted by molar-refractivity contribution is 6.32. The Bertz CT molecular complexity index is 1410. The van der Waals surface area contributed by atoms with Crippen molar-refractivity contribution in [3.63, 3.8) is 0 Å². The number of nitrogens with zero attached hydrogens (tertiary/aromatic N) is 3. The van der Waals surface area contributed by atoms with E-state index in [0.717, 1.165) is 27.8 Å². The number of fused-ring (bicyclic) bond motifs is 1. The normalized spacial score (nSPS) is 10.4. The number of nitrogens with one attached hydrogen (secondary N) is 3. The molecule has 0 atom stereocenters. The lowest BCUT2D eigenvalue weighted by Gasteiger charge is -2.11. The van der Waals surface area contributed by atoms with Crippen LogP contribution in [-0.2, 0) is 4.79 Å². The minimum atomic E-state index is -0.106. The highest BCUT2D eigenvalue weighted by atomic mass is 35.5. The number of hydrogen-bond donors (Lipinski definition) is 3. The Hall–Kier alpha value is -4.19. The van der Waals surface area contributed by atoms with Gasteiger partial charge in [0.25, 0.3) is 0 Å².